The molecule has 0 atom stereocenters. The van der Waals surface area contributed by atoms with Crippen molar-refractivity contribution in [1.29, 1.82) is 0 Å². The Morgan fingerprint density at radius 3 is 1.12 bits per heavy atom. The molecule has 2 aliphatic rings. The van der Waals surface area contributed by atoms with E-state index < -0.39 is 34.2 Å². The van der Waals surface area contributed by atoms with E-state index in [1.165, 1.54) is 72.9 Å². The number of phenolic OH excluding ortho intramolecular Hbond substituents is 12. The van der Waals surface area contributed by atoms with Crippen LogP contribution in [0.2, 0.25) is 5.02 Å². The third-order valence-electron chi connectivity index (χ3n) is 20.7. The summed E-state index contributed by atoms with van der Waals surface area (Å²) >= 11 is 6.04. The summed E-state index contributed by atoms with van der Waals surface area (Å²) in [4.78, 5) is 103. The van der Waals surface area contributed by atoms with Crippen molar-refractivity contribution in [1.82, 2.24) is 38.5 Å². The Labute approximate surface area is 702 Å². The van der Waals surface area contributed by atoms with Crippen molar-refractivity contribution in [2.75, 3.05) is 0 Å². The largest absolute Gasteiger partial charge is 0.504 e. The van der Waals surface area contributed by atoms with E-state index in [0.29, 0.717) is 83.9 Å². The predicted molar refractivity (Wildman–Crippen MR) is 474 cm³/mol. The molecule has 0 bridgehead atoms. The predicted octanol–water partition coefficient (Wildman–Crippen LogP) is 16.0. The van der Waals surface area contributed by atoms with Crippen LogP contribution in [0, 0.1) is 0 Å². The Morgan fingerprint density at radius 2 is 0.711 bits per heavy atom. The molecule has 0 saturated heterocycles. The van der Waals surface area contributed by atoms with Gasteiger partial charge in [-0.25, -0.2) is 0 Å². The zero-order chi connectivity index (χ0) is 90.5. The number of rotatable bonds is 9. The molecular formula is C92H111ClN8O20. The van der Waals surface area contributed by atoms with Gasteiger partial charge >= 0.3 is 0 Å². The first-order valence-corrected chi connectivity index (χ1v) is 40.3. The highest BCUT2D eigenvalue weighted by atomic mass is 35.5. The van der Waals surface area contributed by atoms with Gasteiger partial charge in [-0.2, -0.15) is 0 Å². The summed E-state index contributed by atoms with van der Waals surface area (Å²) in [5.41, 5.74) is 3.64. The lowest BCUT2D eigenvalue weighted by molar-refractivity contribution is 0.0932. The fourth-order valence-electron chi connectivity index (χ4n) is 13.8. The first kappa shape index (κ1) is 92.3. The summed E-state index contributed by atoms with van der Waals surface area (Å²) < 4.78 is 9.44. The van der Waals surface area contributed by atoms with Crippen LogP contribution in [0.3, 0.4) is 0 Å². The molecule has 6 heterocycles. The van der Waals surface area contributed by atoms with Crippen LogP contribution in [-0.4, -0.2) is 113 Å². The molecule has 2 saturated carbocycles. The molecule has 6 aromatic carbocycles. The van der Waals surface area contributed by atoms with E-state index in [4.69, 9.17) is 11.6 Å². The number of H-pyrrole nitrogens is 1. The number of aryl methyl sites for hydroxylation is 1. The molecule has 29 heteroatoms. The van der Waals surface area contributed by atoms with Crippen molar-refractivity contribution in [3.8, 4) is 69.0 Å². The maximum Gasteiger partial charge on any atom is 0.256 e. The number of hydrogen-bond donors (Lipinski definition) is 15. The van der Waals surface area contributed by atoms with Gasteiger partial charge in [-0.15, -0.1) is 0 Å². The van der Waals surface area contributed by atoms with E-state index in [1.807, 2.05) is 164 Å². The van der Waals surface area contributed by atoms with Gasteiger partial charge in [0.25, 0.3) is 11.8 Å². The molecule has 12 aromatic rings. The van der Waals surface area contributed by atoms with Gasteiger partial charge in [0.1, 0.15) is 11.1 Å². The number of fused-ring (bicyclic) bond motifs is 6. The van der Waals surface area contributed by atoms with Crippen molar-refractivity contribution in [3.63, 3.8) is 0 Å². The Hall–Kier alpha value is -12.6. The van der Waals surface area contributed by atoms with E-state index in [0.717, 1.165) is 31.2 Å². The minimum atomic E-state index is -0.588. The highest BCUT2D eigenvalue weighted by Gasteiger charge is 2.32. The van der Waals surface area contributed by atoms with E-state index in [2.05, 4.69) is 20.2 Å². The number of aromatic hydroxyl groups is 12. The summed E-state index contributed by atoms with van der Waals surface area (Å²) in [6, 6.07) is 15.4. The van der Waals surface area contributed by atoms with Crippen molar-refractivity contribution in [2.45, 2.75) is 236 Å². The number of benzene rings is 6. The SMILES string of the molecule is CC(C)(C)c1c[nH]c2cc(O)c(O)cc2c1=O.CC(C)(C)c1cn(C2CC2)c2cc(O)c(O)cc2c1=O.CC(C)NC(=O)c1cn(C(C)C)c2cc(O)c(O)c(Cl)c2c1=O.CC(C)NC(=O)c1cn(C2CC2)c2cc(O)c(O)cc2c1=O.CC(C)n1cc(C(C)(C)C)c(=O)c2cc(O)c(O)cc21.CCn1cc(C(C)(C)C)c(=O)c2cc(O)c(O)cc21. The molecule has 0 aliphatic heterocycles. The number of halogens is 1. The molecule has 28 nitrogen and oxygen atoms in total. The van der Waals surface area contributed by atoms with E-state index >= 15 is 0 Å². The fraction of sp³-hybridized carbons (Fsp3) is 0.391. The normalized spacial score (nSPS) is 13.0. The lowest BCUT2D eigenvalue weighted by Gasteiger charge is -2.23. The first-order valence-electron chi connectivity index (χ1n) is 39.9. The third kappa shape index (κ3) is 20.0. The van der Waals surface area contributed by atoms with Gasteiger partial charge < -0.3 is 99.7 Å². The molecule has 646 valence electrons. The molecule has 0 spiro atoms. The fourth-order valence-corrected chi connectivity index (χ4v) is 14.1. The van der Waals surface area contributed by atoms with Crippen molar-refractivity contribution < 1.29 is 70.9 Å². The van der Waals surface area contributed by atoms with Gasteiger partial charge in [-0.3, -0.25) is 38.4 Å². The maximum absolute atomic E-state index is 12.7. The summed E-state index contributed by atoms with van der Waals surface area (Å²) in [6.07, 6.45) is 14.4. The van der Waals surface area contributed by atoms with Gasteiger partial charge in [0, 0.05) is 160 Å². The molecule has 2 aliphatic carbocycles. The van der Waals surface area contributed by atoms with Crippen molar-refractivity contribution >= 4 is 88.8 Å². The van der Waals surface area contributed by atoms with Crippen LogP contribution >= 0.6 is 11.6 Å². The average Bonchev–Trinajstić information content (AvgIpc) is 1.73. The lowest BCUT2D eigenvalue weighted by Crippen LogP contribution is -2.34. The Balaban J connectivity index is 0.000000165. The molecule has 0 radical (unpaired) electrons. The number of aromatic nitrogens is 6. The molecule has 2 amide bonds. The van der Waals surface area contributed by atoms with Gasteiger partial charge in [0.15, 0.2) is 90.7 Å². The monoisotopic (exact) mass is 1680 g/mol. The summed E-state index contributed by atoms with van der Waals surface area (Å²) in [5.74, 6) is -4.49. The smallest absolute Gasteiger partial charge is 0.256 e. The van der Waals surface area contributed by atoms with E-state index in [1.54, 1.807) is 30.8 Å². The first-order chi connectivity index (χ1) is 56.0. The quantitative estimate of drug-likeness (QED) is 0.0597. The number of phenols is 12. The van der Waals surface area contributed by atoms with Crippen LogP contribution < -0.4 is 43.2 Å². The maximum atomic E-state index is 12.7. The second-order valence-electron chi connectivity index (χ2n) is 36.0. The highest BCUT2D eigenvalue weighted by molar-refractivity contribution is 6.37. The van der Waals surface area contributed by atoms with E-state index in [-0.39, 0.29) is 158 Å². The molecule has 0 unspecified atom stereocenters. The number of pyridine rings is 6. The third-order valence-corrected chi connectivity index (χ3v) is 21.0. The topological polar surface area (TPSA) is 444 Å². The molecular weight excluding hydrogens is 1570 g/mol. The average molecular weight is 1680 g/mol. The van der Waals surface area contributed by atoms with Gasteiger partial charge in [-0.1, -0.05) is 94.7 Å². The van der Waals surface area contributed by atoms with Gasteiger partial charge in [0.2, 0.25) is 10.9 Å². The van der Waals surface area contributed by atoms with Crippen LogP contribution in [-0.2, 0) is 28.2 Å². The minimum absolute atomic E-state index is 0.00655. The van der Waals surface area contributed by atoms with Crippen molar-refractivity contribution in [2.24, 2.45) is 0 Å². The number of aromatic amines is 1. The summed E-state index contributed by atoms with van der Waals surface area (Å²) in [6.45, 7) is 41.4. The van der Waals surface area contributed by atoms with Crippen LogP contribution in [0.1, 0.15) is 238 Å². The van der Waals surface area contributed by atoms with E-state index in [9.17, 15) is 99.6 Å². The minimum Gasteiger partial charge on any atom is -0.504 e. The molecule has 2 fully saturated rings. The molecule has 6 aromatic heterocycles. The lowest BCUT2D eigenvalue weighted by atomic mass is 9.87. The number of carbonyl (C=O) groups excluding carboxylic acids is 2. The zero-order valence-electron chi connectivity index (χ0n) is 72.1. The Bertz CT molecular complexity index is 6350. The standard InChI is InChI=1S/C16H19ClN2O4.C16H18N2O4.C16H19NO3.C16H21NO3.C15H19NO3.C13H15NO3/c1-7(2)18-16(23)9-6-19(8(3)4)10-5-11(20)15(22)13(17)12(10)14(9)21;1-8(2)17-16(22)11-7-18(9-3-4-9)12-6-14(20)13(19)5-10(12)15(11)21;1-16(2,3)11-8-17(9-4-5-9)12-7-14(19)13(18)6-10(12)15(11)20;1-9(2)17-8-11(16(3,4)5)15(20)10-6-13(18)14(19)7-12(10)17;1-5-16-8-10(15(2,3)4)14(19)9-6-12(17)13(18)7-11(9)16;1-13(2,3)8-6-14-9-5-11(16)10(15)4-7(9)12(8)17/h5-8,20,22H,1-4H3,(H,18,23);5-9,19-20H,3-4H2,1-2H3,(H,17,22);6-9,18-19H,4-5H2,1-3H3;6-9,18-19H,1-5H3;6-8,17-18H,5H2,1-4H3;4-6,15-16H,1-3H3,(H,14,17). The summed E-state index contributed by atoms with van der Waals surface area (Å²) in [5, 5.41) is 123. The second-order valence-corrected chi connectivity index (χ2v) is 36.4. The van der Waals surface area contributed by atoms with Crippen LogP contribution in [0.15, 0.2) is 133 Å². The number of amides is 2. The highest BCUT2D eigenvalue weighted by Crippen LogP contribution is 2.44. The van der Waals surface area contributed by atoms with Crippen LogP contribution in [0.5, 0.6) is 69.0 Å². The zero-order valence-corrected chi connectivity index (χ0v) is 72.8. The molecule has 121 heavy (non-hydrogen) atoms. The summed E-state index contributed by atoms with van der Waals surface area (Å²) in [7, 11) is 0. The van der Waals surface area contributed by atoms with Crippen molar-refractivity contribution in [3.05, 3.63) is 204 Å². The van der Waals surface area contributed by atoms with Gasteiger partial charge in [0.05, 0.1) is 48.9 Å². The number of hydrogen-bond acceptors (Lipinski definition) is 20. The number of nitrogens with zero attached hydrogens (tertiary/aromatic N) is 5. The number of carbonyl (C=O) groups is 2. The second kappa shape index (κ2) is 35.0. The molecule has 15 N–H and O–H groups in total. The Morgan fingerprint density at radius 1 is 0.388 bits per heavy atom. The molecule has 14 rings (SSSR count). The Kier molecular flexibility index (Phi) is 26.7. The van der Waals surface area contributed by atoms with Gasteiger partial charge in [-0.05, 0) is 140 Å². The van der Waals surface area contributed by atoms with Crippen LogP contribution in [0.25, 0.3) is 65.4 Å². The number of nitrogens with one attached hydrogen (secondary N) is 3. The van der Waals surface area contributed by atoms with Crippen LogP contribution in [0.4, 0.5) is 0 Å².